The first-order chi connectivity index (χ1) is 8.25. The lowest BCUT2D eigenvalue weighted by molar-refractivity contribution is -0.104. The van der Waals surface area contributed by atoms with Gasteiger partial charge in [-0.05, 0) is 46.6 Å². The van der Waals surface area contributed by atoms with Gasteiger partial charge in [0.15, 0.2) is 0 Å². The number of hydrogen-bond donors (Lipinski definition) is 0. The van der Waals surface area contributed by atoms with Gasteiger partial charge in [0, 0.05) is 0 Å². The van der Waals surface area contributed by atoms with E-state index in [1.54, 1.807) is 6.08 Å². The van der Waals surface area contributed by atoms with Crippen LogP contribution < -0.4 is 0 Å². The molecule has 0 spiro atoms. The highest BCUT2D eigenvalue weighted by atomic mass is 16.1. The standard InChI is InChI=1S/C17H24O/c1-12(2)14-9-15(13(3)7-8-18)11-16(10-14)17(4,5)6/h7-12H,1-6H3/b13-7-. The summed E-state index contributed by atoms with van der Waals surface area (Å²) in [5.41, 5.74) is 4.95. The van der Waals surface area contributed by atoms with Crippen molar-refractivity contribution >= 4 is 11.9 Å². The number of aldehydes is 1. The van der Waals surface area contributed by atoms with Gasteiger partial charge in [-0.3, -0.25) is 4.79 Å². The normalized spacial score (nSPS) is 12.9. The molecule has 0 bridgehead atoms. The number of carbonyl (C=O) groups is 1. The number of carbonyl (C=O) groups excluding carboxylic acids is 1. The first-order valence-corrected chi connectivity index (χ1v) is 6.53. The van der Waals surface area contributed by atoms with Gasteiger partial charge in [-0.15, -0.1) is 0 Å². The molecule has 0 saturated heterocycles. The summed E-state index contributed by atoms with van der Waals surface area (Å²) in [6.45, 7) is 13.0. The molecule has 0 heterocycles. The number of allylic oxidation sites excluding steroid dienone is 2. The Morgan fingerprint density at radius 1 is 1.17 bits per heavy atom. The van der Waals surface area contributed by atoms with E-state index in [-0.39, 0.29) is 5.41 Å². The first kappa shape index (κ1) is 14.7. The summed E-state index contributed by atoms with van der Waals surface area (Å²) in [6, 6.07) is 6.67. The highest BCUT2D eigenvalue weighted by Crippen LogP contribution is 2.29. The number of hydrogen-bond acceptors (Lipinski definition) is 1. The molecule has 1 aromatic rings. The largest absolute Gasteiger partial charge is 0.299 e. The van der Waals surface area contributed by atoms with E-state index in [1.807, 2.05) is 6.92 Å². The molecule has 0 atom stereocenters. The maximum Gasteiger partial charge on any atom is 0.143 e. The third-order valence-corrected chi connectivity index (χ3v) is 3.26. The Morgan fingerprint density at radius 3 is 2.22 bits per heavy atom. The van der Waals surface area contributed by atoms with E-state index in [1.165, 1.54) is 11.1 Å². The van der Waals surface area contributed by atoms with Crippen LogP contribution in [0.5, 0.6) is 0 Å². The molecule has 98 valence electrons. The van der Waals surface area contributed by atoms with Crippen molar-refractivity contribution < 1.29 is 4.79 Å². The minimum absolute atomic E-state index is 0.126. The second kappa shape index (κ2) is 5.51. The van der Waals surface area contributed by atoms with Crippen molar-refractivity contribution in [3.05, 3.63) is 41.0 Å². The van der Waals surface area contributed by atoms with Crippen molar-refractivity contribution in [2.24, 2.45) is 0 Å². The van der Waals surface area contributed by atoms with Crippen LogP contribution in [0.4, 0.5) is 0 Å². The molecular formula is C17H24O. The zero-order valence-corrected chi connectivity index (χ0v) is 12.4. The summed E-state index contributed by atoms with van der Waals surface area (Å²) >= 11 is 0. The summed E-state index contributed by atoms with van der Waals surface area (Å²) in [7, 11) is 0. The maximum absolute atomic E-state index is 10.6. The number of benzene rings is 1. The Bertz CT molecular complexity index is 459. The highest BCUT2D eigenvalue weighted by Gasteiger charge is 2.16. The van der Waals surface area contributed by atoms with Crippen LogP contribution in [0, 0.1) is 0 Å². The van der Waals surface area contributed by atoms with E-state index < -0.39 is 0 Å². The lowest BCUT2D eigenvalue weighted by atomic mass is 9.83. The quantitative estimate of drug-likeness (QED) is 0.556. The van der Waals surface area contributed by atoms with Gasteiger partial charge in [-0.1, -0.05) is 52.8 Å². The second-order valence-electron chi connectivity index (χ2n) is 6.23. The predicted octanol–water partition coefficient (Wildman–Crippen LogP) is 4.71. The van der Waals surface area contributed by atoms with Crippen molar-refractivity contribution in [1.29, 1.82) is 0 Å². The zero-order valence-electron chi connectivity index (χ0n) is 12.4. The van der Waals surface area contributed by atoms with Gasteiger partial charge < -0.3 is 0 Å². The van der Waals surface area contributed by atoms with Crippen molar-refractivity contribution in [3.63, 3.8) is 0 Å². The van der Waals surface area contributed by atoms with Crippen LogP contribution >= 0.6 is 0 Å². The fourth-order valence-electron chi connectivity index (χ4n) is 1.84. The monoisotopic (exact) mass is 244 g/mol. The maximum atomic E-state index is 10.6. The molecule has 0 radical (unpaired) electrons. The molecule has 0 saturated carbocycles. The van der Waals surface area contributed by atoms with Crippen LogP contribution in [0.25, 0.3) is 5.57 Å². The summed E-state index contributed by atoms with van der Waals surface area (Å²) in [6.07, 6.45) is 2.49. The van der Waals surface area contributed by atoms with Gasteiger partial charge in [-0.2, -0.15) is 0 Å². The average molecular weight is 244 g/mol. The van der Waals surface area contributed by atoms with E-state index in [2.05, 4.69) is 52.8 Å². The lowest BCUT2D eigenvalue weighted by Gasteiger charge is -2.22. The van der Waals surface area contributed by atoms with Gasteiger partial charge in [0.2, 0.25) is 0 Å². The SMILES string of the molecule is C/C(=C/C=O)c1cc(C(C)C)cc(C(C)(C)C)c1. The summed E-state index contributed by atoms with van der Waals surface area (Å²) in [4.78, 5) is 10.6. The molecule has 0 unspecified atom stereocenters. The van der Waals surface area contributed by atoms with Crippen LogP contribution in [0.2, 0.25) is 0 Å². The highest BCUT2D eigenvalue weighted by molar-refractivity contribution is 5.81. The smallest absolute Gasteiger partial charge is 0.143 e. The fourth-order valence-corrected chi connectivity index (χ4v) is 1.84. The van der Waals surface area contributed by atoms with Gasteiger partial charge in [0.25, 0.3) is 0 Å². The third kappa shape index (κ3) is 3.56. The van der Waals surface area contributed by atoms with E-state index in [9.17, 15) is 4.79 Å². The van der Waals surface area contributed by atoms with Gasteiger partial charge in [-0.25, -0.2) is 0 Å². The van der Waals surface area contributed by atoms with Crippen LogP contribution in [-0.2, 0) is 10.2 Å². The van der Waals surface area contributed by atoms with Gasteiger partial charge >= 0.3 is 0 Å². The van der Waals surface area contributed by atoms with E-state index in [0.717, 1.165) is 17.4 Å². The predicted molar refractivity (Wildman–Crippen MR) is 78.9 cm³/mol. The number of rotatable bonds is 3. The van der Waals surface area contributed by atoms with Gasteiger partial charge in [0.05, 0.1) is 0 Å². The molecule has 0 aliphatic carbocycles. The molecule has 1 heteroatoms. The Balaban J connectivity index is 3.40. The van der Waals surface area contributed by atoms with Crippen LogP contribution in [0.1, 0.15) is 64.2 Å². The molecule has 0 amide bonds. The minimum Gasteiger partial charge on any atom is -0.299 e. The topological polar surface area (TPSA) is 17.1 Å². The van der Waals surface area contributed by atoms with Crippen molar-refractivity contribution in [2.45, 2.75) is 52.9 Å². The molecule has 0 N–H and O–H groups in total. The molecule has 0 aliphatic rings. The molecule has 0 aliphatic heterocycles. The summed E-state index contributed by atoms with van der Waals surface area (Å²) < 4.78 is 0. The lowest BCUT2D eigenvalue weighted by Crippen LogP contribution is -2.12. The summed E-state index contributed by atoms with van der Waals surface area (Å²) in [5.74, 6) is 0.495. The van der Waals surface area contributed by atoms with E-state index in [4.69, 9.17) is 0 Å². The van der Waals surface area contributed by atoms with E-state index in [0.29, 0.717) is 5.92 Å². The van der Waals surface area contributed by atoms with Crippen LogP contribution in [-0.4, -0.2) is 6.29 Å². The second-order valence-corrected chi connectivity index (χ2v) is 6.23. The molecule has 1 aromatic carbocycles. The third-order valence-electron chi connectivity index (χ3n) is 3.26. The van der Waals surface area contributed by atoms with Crippen molar-refractivity contribution in [2.75, 3.05) is 0 Å². The van der Waals surface area contributed by atoms with Crippen LogP contribution in [0.3, 0.4) is 0 Å². The first-order valence-electron chi connectivity index (χ1n) is 6.53. The Hall–Kier alpha value is -1.37. The van der Waals surface area contributed by atoms with Crippen molar-refractivity contribution in [3.8, 4) is 0 Å². The average Bonchev–Trinajstić information content (AvgIpc) is 2.27. The van der Waals surface area contributed by atoms with Gasteiger partial charge in [0.1, 0.15) is 6.29 Å². The zero-order chi connectivity index (χ0) is 13.9. The Morgan fingerprint density at radius 2 is 1.78 bits per heavy atom. The van der Waals surface area contributed by atoms with Crippen LogP contribution in [0.15, 0.2) is 24.3 Å². The molecule has 0 fully saturated rings. The minimum atomic E-state index is 0.126. The molecule has 18 heavy (non-hydrogen) atoms. The fraction of sp³-hybridized carbons (Fsp3) is 0.471. The summed E-state index contributed by atoms with van der Waals surface area (Å²) in [5, 5.41) is 0. The Kier molecular flexibility index (Phi) is 4.50. The van der Waals surface area contributed by atoms with Crippen molar-refractivity contribution in [1.82, 2.24) is 0 Å². The Labute approximate surface area is 111 Å². The molecule has 1 nitrogen and oxygen atoms in total. The molecule has 0 aromatic heterocycles. The molecular weight excluding hydrogens is 220 g/mol. The van der Waals surface area contributed by atoms with E-state index >= 15 is 0 Å². The molecule has 1 rings (SSSR count).